The van der Waals surface area contributed by atoms with Gasteiger partial charge in [0.2, 0.25) is 0 Å². The van der Waals surface area contributed by atoms with Crippen LogP contribution in [0.1, 0.15) is 13.8 Å². The van der Waals surface area contributed by atoms with E-state index >= 15 is 0 Å². The van der Waals surface area contributed by atoms with E-state index < -0.39 is 34.2 Å². The highest BCUT2D eigenvalue weighted by molar-refractivity contribution is 6.50. The van der Waals surface area contributed by atoms with Gasteiger partial charge in [-0.3, -0.25) is 4.90 Å². The molecule has 1 saturated heterocycles. The highest BCUT2D eigenvalue weighted by Gasteiger charge is 2.32. The Balaban J connectivity index is -0.000000373. The molecule has 0 amide bonds. The van der Waals surface area contributed by atoms with Crippen LogP contribution < -0.4 is 0 Å². The predicted molar refractivity (Wildman–Crippen MR) is 84.3 cm³/mol. The van der Waals surface area contributed by atoms with E-state index in [-0.39, 0.29) is 0 Å². The summed E-state index contributed by atoms with van der Waals surface area (Å²) in [4.78, 5) is 3.91. The van der Waals surface area contributed by atoms with Gasteiger partial charge in [0.25, 0.3) is 6.43 Å². The molecule has 1 rings (SSSR count). The van der Waals surface area contributed by atoms with Crippen molar-refractivity contribution in [3.05, 3.63) is 0 Å². The van der Waals surface area contributed by atoms with Gasteiger partial charge in [-0.2, -0.15) is 0 Å². The first-order chi connectivity index (χ1) is 12.5. The number of rotatable bonds is 3. The minimum Gasteiger partial charge on any atom is -0.418 e. The van der Waals surface area contributed by atoms with Crippen molar-refractivity contribution in [3.63, 3.8) is 0 Å². The standard InChI is InChI=1S/C10H20F2N2.3BF4/c1-8(2)6-14-5-4-13(3)7-9(14)10(11)12;3*2-1(3,4)5/h8-10H,4-7H2,1-3H3;;;/q;3*-1. The molecule has 0 N–H and O–H groups in total. The monoisotopic (exact) mass is 467 g/mol. The molecule has 0 aromatic carbocycles. The lowest BCUT2D eigenvalue weighted by atomic mass is 10.1. The Hall–Kier alpha value is -0.865. The normalized spacial score (nSPS) is 18.9. The maximum absolute atomic E-state index is 12.7. The summed E-state index contributed by atoms with van der Waals surface area (Å²) in [5.74, 6) is 0.458. The van der Waals surface area contributed by atoms with Crippen LogP contribution in [0.4, 0.5) is 60.6 Å². The Labute approximate surface area is 158 Å². The van der Waals surface area contributed by atoms with Crippen LogP contribution in [0, 0.1) is 5.92 Å². The van der Waals surface area contributed by atoms with Crippen molar-refractivity contribution in [3.8, 4) is 0 Å². The highest BCUT2D eigenvalue weighted by Crippen LogP contribution is 2.17. The zero-order chi connectivity index (χ0) is 24.2. The predicted octanol–water partition coefficient (Wildman–Crippen LogP) is 5.42. The molecule has 1 unspecified atom stereocenters. The van der Waals surface area contributed by atoms with Crippen molar-refractivity contribution in [2.45, 2.75) is 26.3 Å². The third-order valence-corrected chi connectivity index (χ3v) is 2.63. The Morgan fingerprint density at radius 1 is 0.724 bits per heavy atom. The maximum atomic E-state index is 12.7. The van der Waals surface area contributed by atoms with Gasteiger partial charge in [-0.1, -0.05) is 13.8 Å². The fraction of sp³-hybridized carbons (Fsp3) is 1.00. The van der Waals surface area contributed by atoms with Gasteiger partial charge in [0.05, 0.1) is 6.04 Å². The van der Waals surface area contributed by atoms with E-state index in [9.17, 15) is 60.6 Å². The lowest BCUT2D eigenvalue weighted by Crippen LogP contribution is -2.55. The molecule has 0 aromatic rings. The highest BCUT2D eigenvalue weighted by atomic mass is 19.5. The van der Waals surface area contributed by atoms with E-state index in [1.54, 1.807) is 0 Å². The zero-order valence-corrected chi connectivity index (χ0v) is 15.5. The number of hydrogen-bond acceptors (Lipinski definition) is 2. The maximum Gasteiger partial charge on any atom is 0.673 e. The summed E-state index contributed by atoms with van der Waals surface area (Å²) in [6, 6.07) is -0.573. The third kappa shape index (κ3) is 42.3. The van der Waals surface area contributed by atoms with E-state index in [2.05, 4.69) is 13.8 Å². The third-order valence-electron chi connectivity index (χ3n) is 2.63. The molecule has 0 aromatic heterocycles. The molecule has 180 valence electrons. The first-order valence-electron chi connectivity index (χ1n) is 7.83. The summed E-state index contributed by atoms with van der Waals surface area (Å²) in [5.41, 5.74) is 0. The smallest absolute Gasteiger partial charge is 0.418 e. The van der Waals surface area contributed by atoms with Gasteiger partial charge in [0.1, 0.15) is 0 Å². The summed E-state index contributed by atoms with van der Waals surface area (Å²) in [5, 5.41) is 0. The number of nitrogens with zero attached hydrogens (tertiary/aromatic N) is 2. The fourth-order valence-corrected chi connectivity index (χ4v) is 1.93. The van der Waals surface area contributed by atoms with Crippen LogP contribution in [-0.4, -0.2) is 77.3 Å². The van der Waals surface area contributed by atoms with Gasteiger partial charge in [-0.25, -0.2) is 8.78 Å². The number of hydrogen-bond donors (Lipinski definition) is 0. The SMILES string of the molecule is CC(C)CN1CCN(C)CC1C(F)F.F[B-](F)(F)F.F[B-](F)(F)F.F[B-](F)(F)F. The van der Waals surface area contributed by atoms with Crippen molar-refractivity contribution in [1.82, 2.24) is 9.80 Å². The average Bonchev–Trinajstić information content (AvgIpc) is 2.34. The van der Waals surface area contributed by atoms with Gasteiger partial charge in [0.15, 0.2) is 0 Å². The van der Waals surface area contributed by atoms with Crippen molar-refractivity contribution >= 4 is 21.8 Å². The molecule has 0 spiro atoms. The second kappa shape index (κ2) is 14.2. The molecule has 0 bridgehead atoms. The van der Waals surface area contributed by atoms with E-state index in [1.165, 1.54) is 0 Å². The minimum absolute atomic E-state index is 0.458. The molecule has 1 heterocycles. The molecule has 0 radical (unpaired) electrons. The van der Waals surface area contributed by atoms with Crippen LogP contribution in [0.5, 0.6) is 0 Å². The molecule has 19 heteroatoms. The van der Waals surface area contributed by atoms with Crippen LogP contribution >= 0.6 is 0 Å². The molecule has 0 saturated carbocycles. The first kappa shape index (κ1) is 32.8. The fourth-order valence-electron chi connectivity index (χ4n) is 1.93. The van der Waals surface area contributed by atoms with Gasteiger partial charge in [-0.15, -0.1) is 0 Å². The zero-order valence-electron chi connectivity index (χ0n) is 15.5. The van der Waals surface area contributed by atoms with Gasteiger partial charge in [-0.05, 0) is 13.0 Å². The summed E-state index contributed by atoms with van der Waals surface area (Å²) >= 11 is 0. The number of piperazine rings is 1. The molecule has 0 aliphatic carbocycles. The second-order valence-corrected chi connectivity index (χ2v) is 6.04. The molecule has 1 aliphatic heterocycles. The summed E-state index contributed by atoms with van der Waals surface area (Å²) < 4.78 is 142. The Bertz CT molecular complexity index is 354. The van der Waals surface area contributed by atoms with E-state index in [1.807, 2.05) is 16.8 Å². The van der Waals surface area contributed by atoms with Crippen LogP contribution in [0.3, 0.4) is 0 Å². The number of likely N-dealkylation sites (N-methyl/N-ethyl adjacent to an activating group) is 1. The van der Waals surface area contributed by atoms with Crippen LogP contribution in [-0.2, 0) is 0 Å². The Morgan fingerprint density at radius 2 is 1.03 bits per heavy atom. The average molecular weight is 467 g/mol. The van der Waals surface area contributed by atoms with Crippen molar-refractivity contribution in [1.29, 1.82) is 0 Å². The molecular weight excluding hydrogens is 447 g/mol. The molecular formula is C10H20B3F14N2-3. The van der Waals surface area contributed by atoms with Crippen molar-refractivity contribution in [2.75, 3.05) is 33.2 Å². The van der Waals surface area contributed by atoms with Gasteiger partial charge in [0, 0.05) is 26.2 Å². The lowest BCUT2D eigenvalue weighted by molar-refractivity contribution is -0.0222. The molecule has 2 nitrogen and oxygen atoms in total. The van der Waals surface area contributed by atoms with Crippen LogP contribution in [0.2, 0.25) is 0 Å². The van der Waals surface area contributed by atoms with Gasteiger partial charge >= 0.3 is 21.8 Å². The Morgan fingerprint density at radius 3 is 1.28 bits per heavy atom. The van der Waals surface area contributed by atoms with E-state index in [4.69, 9.17) is 0 Å². The van der Waals surface area contributed by atoms with E-state index in [0.717, 1.165) is 19.6 Å². The molecule has 29 heavy (non-hydrogen) atoms. The molecule has 1 atom stereocenters. The second-order valence-electron chi connectivity index (χ2n) is 6.04. The first-order valence-corrected chi connectivity index (χ1v) is 7.83. The van der Waals surface area contributed by atoms with E-state index in [0.29, 0.717) is 12.5 Å². The summed E-state index contributed by atoms with van der Waals surface area (Å²) in [6.45, 7) is 7.08. The summed E-state index contributed by atoms with van der Waals surface area (Å²) in [7, 11) is -16.1. The topological polar surface area (TPSA) is 6.48 Å². The van der Waals surface area contributed by atoms with Crippen LogP contribution in [0.25, 0.3) is 0 Å². The lowest BCUT2D eigenvalue weighted by Gasteiger charge is -2.40. The van der Waals surface area contributed by atoms with Gasteiger partial charge < -0.3 is 56.7 Å². The Kier molecular flexibility index (Phi) is 16.0. The number of alkyl halides is 2. The number of halogens is 14. The quantitative estimate of drug-likeness (QED) is 0.405. The summed E-state index contributed by atoms with van der Waals surface area (Å²) in [6.07, 6.45) is -2.23. The molecule has 1 fully saturated rings. The minimum atomic E-state index is -6.00. The molecule has 1 aliphatic rings. The van der Waals surface area contributed by atoms with Crippen LogP contribution in [0.15, 0.2) is 0 Å². The van der Waals surface area contributed by atoms with Crippen molar-refractivity contribution in [2.24, 2.45) is 5.92 Å². The largest absolute Gasteiger partial charge is 0.673 e. The van der Waals surface area contributed by atoms with Crippen molar-refractivity contribution < 1.29 is 60.6 Å².